The summed E-state index contributed by atoms with van der Waals surface area (Å²) in [5, 5.41) is 8.95. The lowest BCUT2D eigenvalue weighted by Gasteiger charge is -2.12. The second kappa shape index (κ2) is 6.09. The van der Waals surface area contributed by atoms with Gasteiger partial charge in [-0.25, -0.2) is 13.1 Å². The molecule has 2 rings (SSSR count). The number of aromatic amines is 1. The minimum atomic E-state index is -3.55. The van der Waals surface area contributed by atoms with Crippen molar-refractivity contribution in [3.63, 3.8) is 0 Å². The first-order valence-corrected chi connectivity index (χ1v) is 8.56. The van der Waals surface area contributed by atoms with Gasteiger partial charge in [0.25, 0.3) is 0 Å². The van der Waals surface area contributed by atoms with Gasteiger partial charge in [0.05, 0.1) is 11.5 Å². The average molecular weight is 314 g/mol. The molecule has 0 amide bonds. The summed E-state index contributed by atoms with van der Waals surface area (Å²) >= 11 is 1.67. The number of sulfonamides is 1. The van der Waals surface area contributed by atoms with Crippen LogP contribution in [0.2, 0.25) is 0 Å². The Bertz CT molecular complexity index is 673. The third-order valence-corrected chi connectivity index (χ3v) is 5.45. The Kier molecular flexibility index (Phi) is 4.64. The Morgan fingerprint density at radius 1 is 1.45 bits per heavy atom. The zero-order valence-corrected chi connectivity index (χ0v) is 13.0. The van der Waals surface area contributed by atoms with Gasteiger partial charge in [-0.3, -0.25) is 0 Å². The minimum absolute atomic E-state index is 0.149. The molecule has 5 nitrogen and oxygen atoms in total. The second-order valence-electron chi connectivity index (χ2n) is 4.76. The molecule has 20 heavy (non-hydrogen) atoms. The second-order valence-corrected chi connectivity index (χ2v) is 7.84. The van der Waals surface area contributed by atoms with Crippen molar-refractivity contribution in [3.8, 4) is 0 Å². The number of thiophene rings is 1. The van der Waals surface area contributed by atoms with Crippen molar-refractivity contribution in [2.75, 3.05) is 0 Å². The number of aliphatic hydroxyl groups is 1. The third kappa shape index (κ3) is 3.69. The van der Waals surface area contributed by atoms with E-state index in [1.165, 1.54) is 17.1 Å². The Balaban J connectivity index is 2.04. The number of hydrogen-bond donors (Lipinski definition) is 3. The van der Waals surface area contributed by atoms with E-state index in [0.29, 0.717) is 12.1 Å². The summed E-state index contributed by atoms with van der Waals surface area (Å²) < 4.78 is 27.0. The highest BCUT2D eigenvalue weighted by Crippen LogP contribution is 2.18. The van der Waals surface area contributed by atoms with Crippen LogP contribution < -0.4 is 4.72 Å². The van der Waals surface area contributed by atoms with Crippen molar-refractivity contribution in [3.05, 3.63) is 39.8 Å². The fourth-order valence-corrected chi connectivity index (χ4v) is 4.22. The van der Waals surface area contributed by atoms with Gasteiger partial charge < -0.3 is 10.1 Å². The summed E-state index contributed by atoms with van der Waals surface area (Å²) in [5.41, 5.74) is 0.479. The predicted molar refractivity (Wildman–Crippen MR) is 79.3 cm³/mol. The molecule has 1 atom stereocenters. The molecule has 0 fully saturated rings. The molecule has 0 aliphatic heterocycles. The van der Waals surface area contributed by atoms with E-state index >= 15 is 0 Å². The maximum absolute atomic E-state index is 12.2. The van der Waals surface area contributed by atoms with Crippen molar-refractivity contribution < 1.29 is 13.5 Å². The highest BCUT2D eigenvalue weighted by Gasteiger charge is 2.19. The normalized spacial score (nSPS) is 13.6. The highest BCUT2D eigenvalue weighted by atomic mass is 32.2. The van der Waals surface area contributed by atoms with Crippen LogP contribution in [0.15, 0.2) is 29.3 Å². The molecule has 0 spiro atoms. The molecular weight excluding hydrogens is 296 g/mol. The SMILES string of the molecule is Cc1ccc(CC(C)NS(=O)(=O)c2c[nH]c(CO)c2)s1. The molecule has 0 aromatic carbocycles. The first kappa shape index (κ1) is 15.2. The number of hydrogen-bond acceptors (Lipinski definition) is 4. The molecule has 0 aliphatic rings. The topological polar surface area (TPSA) is 82.2 Å². The molecule has 1 unspecified atom stereocenters. The molecule has 0 saturated heterocycles. The van der Waals surface area contributed by atoms with E-state index in [1.807, 2.05) is 26.0 Å². The van der Waals surface area contributed by atoms with Gasteiger partial charge in [0, 0.05) is 27.7 Å². The molecule has 110 valence electrons. The fourth-order valence-electron chi connectivity index (χ4n) is 1.94. The van der Waals surface area contributed by atoms with Crippen LogP contribution in [0.4, 0.5) is 0 Å². The number of H-pyrrole nitrogens is 1. The van der Waals surface area contributed by atoms with Gasteiger partial charge in [-0.2, -0.15) is 0 Å². The zero-order chi connectivity index (χ0) is 14.8. The van der Waals surface area contributed by atoms with Crippen LogP contribution in [-0.4, -0.2) is 24.6 Å². The summed E-state index contributed by atoms with van der Waals surface area (Å²) in [6.45, 7) is 3.66. The molecule has 3 N–H and O–H groups in total. The molecular formula is C13H18N2O3S2. The lowest BCUT2D eigenvalue weighted by atomic mass is 10.2. The minimum Gasteiger partial charge on any atom is -0.390 e. The van der Waals surface area contributed by atoms with E-state index in [2.05, 4.69) is 9.71 Å². The van der Waals surface area contributed by atoms with E-state index in [-0.39, 0.29) is 17.5 Å². The quantitative estimate of drug-likeness (QED) is 0.760. The largest absolute Gasteiger partial charge is 0.390 e. The van der Waals surface area contributed by atoms with Gasteiger partial charge in [-0.1, -0.05) is 0 Å². The summed E-state index contributed by atoms with van der Waals surface area (Å²) in [4.78, 5) is 5.24. The monoisotopic (exact) mass is 314 g/mol. The first-order chi connectivity index (χ1) is 9.40. The van der Waals surface area contributed by atoms with Crippen molar-refractivity contribution in [2.45, 2.75) is 37.8 Å². The van der Waals surface area contributed by atoms with Crippen LogP contribution in [0.1, 0.15) is 22.4 Å². The molecule has 0 aliphatic carbocycles. The Morgan fingerprint density at radius 3 is 2.75 bits per heavy atom. The summed E-state index contributed by atoms with van der Waals surface area (Å²) in [6.07, 6.45) is 2.05. The smallest absolute Gasteiger partial charge is 0.242 e. The van der Waals surface area contributed by atoms with E-state index in [4.69, 9.17) is 5.11 Å². The van der Waals surface area contributed by atoms with Gasteiger partial charge in [0.2, 0.25) is 10.0 Å². The third-order valence-electron chi connectivity index (χ3n) is 2.86. The van der Waals surface area contributed by atoms with Crippen LogP contribution in [0.5, 0.6) is 0 Å². The number of aromatic nitrogens is 1. The number of rotatable bonds is 6. The van der Waals surface area contributed by atoms with Crippen LogP contribution >= 0.6 is 11.3 Å². The Hall–Kier alpha value is -1.15. The van der Waals surface area contributed by atoms with E-state index in [9.17, 15) is 8.42 Å². The van der Waals surface area contributed by atoms with Crippen molar-refractivity contribution in [2.24, 2.45) is 0 Å². The highest BCUT2D eigenvalue weighted by molar-refractivity contribution is 7.89. The number of aryl methyl sites for hydroxylation is 1. The summed E-state index contributed by atoms with van der Waals surface area (Å²) in [7, 11) is -3.55. The van der Waals surface area contributed by atoms with Crippen LogP contribution in [0.3, 0.4) is 0 Å². The number of nitrogens with one attached hydrogen (secondary N) is 2. The summed E-state index contributed by atoms with van der Waals surface area (Å²) in [5.74, 6) is 0. The van der Waals surface area contributed by atoms with Crippen LogP contribution in [0, 0.1) is 6.92 Å². The molecule has 0 bridgehead atoms. The predicted octanol–water partition coefficient (Wildman–Crippen LogP) is 1.79. The molecule has 0 saturated carbocycles. The molecule has 0 radical (unpaired) electrons. The lowest BCUT2D eigenvalue weighted by Crippen LogP contribution is -2.33. The fraction of sp³-hybridized carbons (Fsp3) is 0.385. The molecule has 2 aromatic heterocycles. The first-order valence-electron chi connectivity index (χ1n) is 6.26. The zero-order valence-electron chi connectivity index (χ0n) is 11.4. The Morgan fingerprint density at radius 2 is 2.20 bits per heavy atom. The Labute approximate surface area is 122 Å². The van der Waals surface area contributed by atoms with Gasteiger partial charge in [-0.05, 0) is 38.5 Å². The standard InChI is InChI=1S/C13H18N2O3S2/c1-9(5-12-4-3-10(2)19-12)15-20(17,18)13-6-11(8-16)14-7-13/h3-4,6-7,9,14-16H,5,8H2,1-2H3. The van der Waals surface area contributed by atoms with Gasteiger partial charge in [0.15, 0.2) is 0 Å². The summed E-state index contributed by atoms with van der Waals surface area (Å²) in [6, 6.07) is 5.29. The molecule has 2 aromatic rings. The van der Waals surface area contributed by atoms with Crippen LogP contribution in [0.25, 0.3) is 0 Å². The van der Waals surface area contributed by atoms with Crippen molar-refractivity contribution >= 4 is 21.4 Å². The number of aliphatic hydroxyl groups excluding tert-OH is 1. The lowest BCUT2D eigenvalue weighted by molar-refractivity contribution is 0.277. The van der Waals surface area contributed by atoms with Gasteiger partial charge >= 0.3 is 0 Å². The maximum atomic E-state index is 12.2. The van der Waals surface area contributed by atoms with E-state index < -0.39 is 10.0 Å². The van der Waals surface area contributed by atoms with Gasteiger partial charge in [0.1, 0.15) is 0 Å². The van der Waals surface area contributed by atoms with Crippen LogP contribution in [-0.2, 0) is 23.1 Å². The van der Waals surface area contributed by atoms with Crippen molar-refractivity contribution in [1.29, 1.82) is 0 Å². The van der Waals surface area contributed by atoms with E-state index in [1.54, 1.807) is 11.3 Å². The molecule has 2 heterocycles. The maximum Gasteiger partial charge on any atom is 0.242 e. The van der Waals surface area contributed by atoms with Crippen molar-refractivity contribution in [1.82, 2.24) is 9.71 Å². The average Bonchev–Trinajstić information content (AvgIpc) is 2.97. The van der Waals surface area contributed by atoms with E-state index in [0.717, 1.165) is 4.88 Å². The molecule has 7 heteroatoms. The van der Waals surface area contributed by atoms with Gasteiger partial charge in [-0.15, -0.1) is 11.3 Å².